The van der Waals surface area contributed by atoms with Gasteiger partial charge in [-0.3, -0.25) is 14.4 Å². The second kappa shape index (κ2) is 14.1. The fourth-order valence-corrected chi connectivity index (χ4v) is 4.60. The summed E-state index contributed by atoms with van der Waals surface area (Å²) in [5, 5.41) is 17.2. The number of rotatable bonds is 12. The van der Waals surface area contributed by atoms with Crippen LogP contribution in [-0.2, 0) is 48.1 Å². The Hall–Kier alpha value is -4.41. The zero-order chi connectivity index (χ0) is 29.2. The van der Waals surface area contributed by atoms with Crippen LogP contribution in [0.25, 0.3) is 0 Å². The fourth-order valence-electron chi connectivity index (χ4n) is 4.60. The molecule has 0 radical (unpaired) electrons. The first-order valence-electron chi connectivity index (χ1n) is 13.0. The van der Waals surface area contributed by atoms with E-state index in [0.717, 1.165) is 23.8 Å². The minimum absolute atomic E-state index is 0.0591. The molecule has 3 atom stereocenters. The maximum Gasteiger partial charge on any atom is 0.408 e. The number of ether oxygens (including phenoxy) is 2. The quantitative estimate of drug-likeness (QED) is 0.290. The number of nitrogens with one attached hydrogen (secondary N) is 3. The summed E-state index contributed by atoms with van der Waals surface area (Å²) in [5.74, 6) is -4.23. The van der Waals surface area contributed by atoms with E-state index in [1.165, 1.54) is 0 Å². The third-order valence-corrected chi connectivity index (χ3v) is 6.78. The Morgan fingerprint density at radius 1 is 0.875 bits per heavy atom. The summed E-state index contributed by atoms with van der Waals surface area (Å²) in [6.07, 6.45) is -0.497. The molecule has 214 valence electrons. The largest absolute Gasteiger partial charge is 0.480 e. The summed E-state index contributed by atoms with van der Waals surface area (Å²) in [5.41, 5.74) is 2.76. The van der Waals surface area contributed by atoms with Gasteiger partial charge in [0.1, 0.15) is 24.7 Å². The van der Waals surface area contributed by atoms with Crippen LogP contribution in [0.15, 0.2) is 54.6 Å². The molecular formula is C29H35N3O8. The molecule has 1 aliphatic rings. The SMILES string of the molecule is COC(=O)C[C@H](NC(=O)OCc1ccccc1)C(=O)N[C@H](C(=O)NC(C(=O)O)C(C)C)C1Cc2ccccc2C1. The van der Waals surface area contributed by atoms with Crippen LogP contribution in [0.3, 0.4) is 0 Å². The molecule has 0 spiro atoms. The van der Waals surface area contributed by atoms with Crippen molar-refractivity contribution in [3.8, 4) is 0 Å². The van der Waals surface area contributed by atoms with Gasteiger partial charge >= 0.3 is 18.0 Å². The highest BCUT2D eigenvalue weighted by molar-refractivity contribution is 5.94. The highest BCUT2D eigenvalue weighted by atomic mass is 16.5. The number of amides is 3. The van der Waals surface area contributed by atoms with E-state index in [4.69, 9.17) is 4.74 Å². The Bertz CT molecular complexity index is 1190. The molecule has 0 fully saturated rings. The number of methoxy groups -OCH3 is 1. The second-order valence-corrected chi connectivity index (χ2v) is 10.0. The molecule has 2 aromatic rings. The van der Waals surface area contributed by atoms with Crippen LogP contribution in [0, 0.1) is 11.8 Å². The van der Waals surface area contributed by atoms with Gasteiger partial charge in [0.05, 0.1) is 13.5 Å². The Morgan fingerprint density at radius 2 is 1.48 bits per heavy atom. The molecule has 0 heterocycles. The lowest BCUT2D eigenvalue weighted by atomic mass is 9.94. The molecule has 0 aliphatic heterocycles. The number of aliphatic carboxylic acids is 1. The summed E-state index contributed by atoms with van der Waals surface area (Å²) in [4.78, 5) is 63.2. The molecule has 2 aromatic carbocycles. The van der Waals surface area contributed by atoms with Crippen molar-refractivity contribution in [3.63, 3.8) is 0 Å². The Balaban J connectivity index is 1.78. The Labute approximate surface area is 232 Å². The summed E-state index contributed by atoms with van der Waals surface area (Å²) >= 11 is 0. The molecule has 4 N–H and O–H groups in total. The van der Waals surface area contributed by atoms with Gasteiger partial charge in [-0.1, -0.05) is 68.4 Å². The first-order valence-corrected chi connectivity index (χ1v) is 13.0. The predicted molar refractivity (Wildman–Crippen MR) is 144 cm³/mol. The highest BCUT2D eigenvalue weighted by Gasteiger charge is 2.38. The van der Waals surface area contributed by atoms with Crippen LogP contribution in [0.4, 0.5) is 4.79 Å². The minimum Gasteiger partial charge on any atom is -0.480 e. The zero-order valence-electron chi connectivity index (χ0n) is 22.7. The summed E-state index contributed by atoms with van der Waals surface area (Å²) in [6, 6.07) is 12.8. The van der Waals surface area contributed by atoms with E-state index in [-0.39, 0.29) is 12.5 Å². The van der Waals surface area contributed by atoms with Crippen molar-refractivity contribution in [1.82, 2.24) is 16.0 Å². The number of carboxylic acids is 1. The maximum atomic E-state index is 13.4. The number of benzene rings is 2. The van der Waals surface area contributed by atoms with Gasteiger partial charge in [0, 0.05) is 0 Å². The lowest BCUT2D eigenvalue weighted by Gasteiger charge is -2.28. The predicted octanol–water partition coefficient (Wildman–Crippen LogP) is 1.97. The molecule has 11 nitrogen and oxygen atoms in total. The lowest BCUT2D eigenvalue weighted by Crippen LogP contribution is -2.59. The van der Waals surface area contributed by atoms with Crippen molar-refractivity contribution in [2.75, 3.05) is 7.11 Å². The molecule has 0 saturated heterocycles. The number of hydrogen-bond acceptors (Lipinski definition) is 7. The van der Waals surface area contributed by atoms with Gasteiger partial charge in [0.15, 0.2) is 0 Å². The molecule has 1 aliphatic carbocycles. The van der Waals surface area contributed by atoms with E-state index >= 15 is 0 Å². The molecule has 40 heavy (non-hydrogen) atoms. The molecule has 3 rings (SSSR count). The highest BCUT2D eigenvalue weighted by Crippen LogP contribution is 2.29. The second-order valence-electron chi connectivity index (χ2n) is 10.0. The van der Waals surface area contributed by atoms with Crippen LogP contribution < -0.4 is 16.0 Å². The first-order chi connectivity index (χ1) is 19.1. The maximum absolute atomic E-state index is 13.4. The Kier molecular flexibility index (Phi) is 10.6. The van der Waals surface area contributed by atoms with Gasteiger partial charge in [0.25, 0.3) is 0 Å². The van der Waals surface area contributed by atoms with Crippen molar-refractivity contribution < 1.29 is 38.6 Å². The number of alkyl carbamates (subject to hydrolysis) is 1. The van der Waals surface area contributed by atoms with E-state index in [1.54, 1.807) is 38.1 Å². The summed E-state index contributed by atoms with van der Waals surface area (Å²) < 4.78 is 9.88. The number of hydrogen-bond donors (Lipinski definition) is 4. The Morgan fingerprint density at radius 3 is 2.02 bits per heavy atom. The monoisotopic (exact) mass is 553 g/mol. The van der Waals surface area contributed by atoms with Crippen LogP contribution in [-0.4, -0.2) is 60.2 Å². The van der Waals surface area contributed by atoms with Crippen LogP contribution >= 0.6 is 0 Å². The van der Waals surface area contributed by atoms with Gasteiger partial charge in [0.2, 0.25) is 11.8 Å². The average Bonchev–Trinajstić information content (AvgIpc) is 3.37. The smallest absolute Gasteiger partial charge is 0.408 e. The van der Waals surface area contributed by atoms with E-state index < -0.39 is 60.3 Å². The van der Waals surface area contributed by atoms with Crippen molar-refractivity contribution in [3.05, 3.63) is 71.3 Å². The minimum atomic E-state index is -1.41. The van der Waals surface area contributed by atoms with Gasteiger partial charge in [-0.25, -0.2) is 9.59 Å². The zero-order valence-corrected chi connectivity index (χ0v) is 22.7. The normalized spacial score (nSPS) is 14.8. The first kappa shape index (κ1) is 30.1. The molecule has 0 saturated carbocycles. The fraction of sp³-hybridized carbons (Fsp3) is 0.414. The van der Waals surface area contributed by atoms with Crippen molar-refractivity contribution in [1.29, 1.82) is 0 Å². The van der Waals surface area contributed by atoms with Gasteiger partial charge in [-0.05, 0) is 41.4 Å². The lowest BCUT2D eigenvalue weighted by molar-refractivity contribution is -0.145. The number of carbonyl (C=O) groups excluding carboxylic acids is 4. The van der Waals surface area contributed by atoms with Crippen LogP contribution in [0.1, 0.15) is 37.0 Å². The van der Waals surface area contributed by atoms with Crippen LogP contribution in [0.2, 0.25) is 0 Å². The van der Waals surface area contributed by atoms with Gasteiger partial charge in [-0.2, -0.15) is 0 Å². The molecular weight excluding hydrogens is 518 g/mol. The van der Waals surface area contributed by atoms with Crippen molar-refractivity contribution >= 4 is 29.8 Å². The molecule has 11 heteroatoms. The number of esters is 1. The summed E-state index contributed by atoms with van der Waals surface area (Å²) in [7, 11) is 1.15. The van der Waals surface area contributed by atoms with E-state index in [1.807, 2.05) is 30.3 Å². The topological polar surface area (TPSA) is 160 Å². The average molecular weight is 554 g/mol. The van der Waals surface area contributed by atoms with Crippen LogP contribution in [0.5, 0.6) is 0 Å². The van der Waals surface area contributed by atoms with E-state index in [2.05, 4.69) is 20.7 Å². The van der Waals surface area contributed by atoms with E-state index in [9.17, 15) is 29.1 Å². The number of fused-ring (bicyclic) bond motifs is 1. The van der Waals surface area contributed by atoms with Gasteiger partial charge in [-0.15, -0.1) is 0 Å². The molecule has 0 bridgehead atoms. The van der Waals surface area contributed by atoms with Crippen molar-refractivity contribution in [2.45, 2.75) is 57.8 Å². The molecule has 1 unspecified atom stereocenters. The molecule has 3 amide bonds. The summed E-state index contributed by atoms with van der Waals surface area (Å²) in [6.45, 7) is 3.27. The molecule has 0 aromatic heterocycles. The standard InChI is InChI=1S/C29H35N3O8/c1-17(2)24(28(36)37)31-27(35)25(21-13-19-11-7-8-12-20(19)14-21)32-26(34)22(15-23(33)39-3)30-29(38)40-16-18-9-5-4-6-10-18/h4-12,17,21-22,24-25H,13-16H2,1-3H3,(H,30,38)(H,31,35)(H,32,34)(H,36,37)/t22-,24?,25-/m0/s1. The van der Waals surface area contributed by atoms with E-state index in [0.29, 0.717) is 12.8 Å². The third kappa shape index (κ3) is 8.29. The van der Waals surface area contributed by atoms with Gasteiger partial charge < -0.3 is 30.5 Å². The number of carbonyl (C=O) groups is 5. The number of carboxylic acid groups (broad SMARTS) is 1. The van der Waals surface area contributed by atoms with Crippen molar-refractivity contribution in [2.24, 2.45) is 11.8 Å². The third-order valence-electron chi connectivity index (χ3n) is 6.78.